The predicted molar refractivity (Wildman–Crippen MR) is 104 cm³/mol. The van der Waals surface area contributed by atoms with Crippen LogP contribution < -0.4 is 0 Å². The third-order valence-corrected chi connectivity index (χ3v) is 7.25. The Morgan fingerprint density at radius 3 is 2.68 bits per heavy atom. The van der Waals surface area contributed by atoms with E-state index in [2.05, 4.69) is 47.6 Å². The van der Waals surface area contributed by atoms with Gasteiger partial charge in [-0.2, -0.15) is 0 Å². The second-order valence-electron chi connectivity index (χ2n) is 9.64. The van der Waals surface area contributed by atoms with Crippen molar-refractivity contribution in [2.45, 2.75) is 91.4 Å². The van der Waals surface area contributed by atoms with Crippen LogP contribution in [0, 0.1) is 11.3 Å². The lowest BCUT2D eigenvalue weighted by Gasteiger charge is -2.54. The third-order valence-electron chi connectivity index (χ3n) is 7.25. The number of nitrogens with zero attached hydrogens (tertiary/aromatic N) is 1. The van der Waals surface area contributed by atoms with E-state index in [0.29, 0.717) is 11.3 Å². The maximum absolute atomic E-state index is 6.38. The highest BCUT2D eigenvalue weighted by atomic mass is 16.3. The normalized spacial score (nSPS) is 28.2. The zero-order valence-electron chi connectivity index (χ0n) is 16.8. The molecule has 1 saturated carbocycles. The average molecular weight is 340 g/mol. The van der Waals surface area contributed by atoms with Crippen LogP contribution in [0.1, 0.15) is 95.7 Å². The number of benzene rings is 1. The zero-order valence-corrected chi connectivity index (χ0v) is 16.8. The lowest BCUT2D eigenvalue weighted by molar-refractivity contribution is 0.0411. The Balaban J connectivity index is 2.01. The van der Waals surface area contributed by atoms with E-state index >= 15 is 0 Å². The van der Waals surface area contributed by atoms with E-state index in [4.69, 9.17) is 9.40 Å². The van der Waals surface area contributed by atoms with Gasteiger partial charge in [0, 0.05) is 12.0 Å². The molecule has 1 heterocycles. The van der Waals surface area contributed by atoms with Gasteiger partial charge in [0.1, 0.15) is 5.52 Å². The van der Waals surface area contributed by atoms with Gasteiger partial charge in [-0.05, 0) is 59.5 Å². The third kappa shape index (κ3) is 2.39. The van der Waals surface area contributed by atoms with Crippen LogP contribution in [0.3, 0.4) is 0 Å². The molecule has 2 heteroatoms. The SMILES string of the molecule is CCc1nc2c(C(C)C)cc3c(c2o1)[C@@]1(C)CCCC(C)(C)[C@@H]1CC3. The minimum Gasteiger partial charge on any atom is -0.440 e. The molecule has 136 valence electrons. The van der Waals surface area contributed by atoms with Crippen molar-refractivity contribution in [3.63, 3.8) is 0 Å². The lowest BCUT2D eigenvalue weighted by Crippen LogP contribution is -2.48. The van der Waals surface area contributed by atoms with Crippen molar-refractivity contribution in [1.29, 1.82) is 0 Å². The standard InChI is InChI=1S/C23H33NO/c1-7-18-24-20-16(14(2)3)13-15-9-10-17-22(4,5)11-8-12-23(17,6)19(15)21(20)25-18/h13-14,17H,7-12H2,1-6H3/t17-,23-/m0/s1. The van der Waals surface area contributed by atoms with Gasteiger partial charge in [-0.3, -0.25) is 0 Å². The highest BCUT2D eigenvalue weighted by Crippen LogP contribution is 2.58. The Hall–Kier alpha value is -1.31. The monoisotopic (exact) mass is 339 g/mol. The summed E-state index contributed by atoms with van der Waals surface area (Å²) in [6.07, 6.45) is 7.33. The molecule has 0 bridgehead atoms. The first-order valence-corrected chi connectivity index (χ1v) is 10.2. The summed E-state index contributed by atoms with van der Waals surface area (Å²) in [5.41, 5.74) is 7.30. The molecule has 4 rings (SSSR count). The van der Waals surface area contributed by atoms with Gasteiger partial charge < -0.3 is 4.42 Å². The number of hydrogen-bond donors (Lipinski definition) is 0. The first kappa shape index (κ1) is 17.1. The molecule has 2 nitrogen and oxygen atoms in total. The Kier molecular flexibility index (Phi) is 3.83. The number of aryl methyl sites for hydroxylation is 2. The fourth-order valence-corrected chi connectivity index (χ4v) is 6.05. The average Bonchev–Trinajstić information content (AvgIpc) is 2.96. The summed E-state index contributed by atoms with van der Waals surface area (Å²) in [6, 6.07) is 2.47. The largest absolute Gasteiger partial charge is 0.440 e. The predicted octanol–water partition coefficient (Wildman–Crippen LogP) is 6.54. The summed E-state index contributed by atoms with van der Waals surface area (Å²) in [6.45, 7) is 14.2. The lowest BCUT2D eigenvalue weighted by atomic mass is 9.50. The Morgan fingerprint density at radius 1 is 1.24 bits per heavy atom. The van der Waals surface area contributed by atoms with Crippen molar-refractivity contribution in [1.82, 2.24) is 4.98 Å². The maximum Gasteiger partial charge on any atom is 0.195 e. The van der Waals surface area contributed by atoms with Gasteiger partial charge in [-0.25, -0.2) is 4.98 Å². The highest BCUT2D eigenvalue weighted by Gasteiger charge is 2.51. The molecule has 1 aromatic heterocycles. The van der Waals surface area contributed by atoms with Crippen molar-refractivity contribution in [2.24, 2.45) is 11.3 Å². The summed E-state index contributed by atoms with van der Waals surface area (Å²) >= 11 is 0. The summed E-state index contributed by atoms with van der Waals surface area (Å²) in [7, 11) is 0. The fourth-order valence-electron chi connectivity index (χ4n) is 6.05. The number of aromatic nitrogens is 1. The molecular formula is C23H33NO. The van der Waals surface area contributed by atoms with Gasteiger partial charge in [0.05, 0.1) is 0 Å². The molecule has 2 aromatic rings. The van der Waals surface area contributed by atoms with Crippen molar-refractivity contribution >= 4 is 11.1 Å². The summed E-state index contributed by atoms with van der Waals surface area (Å²) in [5, 5.41) is 0. The van der Waals surface area contributed by atoms with E-state index in [1.807, 2.05) is 0 Å². The molecule has 2 aliphatic rings. The molecule has 0 N–H and O–H groups in total. The van der Waals surface area contributed by atoms with E-state index in [1.165, 1.54) is 48.8 Å². The quantitative estimate of drug-likeness (QED) is 0.620. The smallest absolute Gasteiger partial charge is 0.195 e. The molecule has 0 unspecified atom stereocenters. The van der Waals surface area contributed by atoms with E-state index in [0.717, 1.165) is 29.3 Å². The van der Waals surface area contributed by atoms with Crippen molar-refractivity contribution in [3.05, 3.63) is 28.6 Å². The van der Waals surface area contributed by atoms with Crippen LogP contribution in [0.2, 0.25) is 0 Å². The molecule has 1 aromatic carbocycles. The molecule has 1 fully saturated rings. The Labute approximate surface area is 152 Å². The van der Waals surface area contributed by atoms with Crippen LogP contribution in [0.5, 0.6) is 0 Å². The van der Waals surface area contributed by atoms with E-state index in [9.17, 15) is 0 Å². The van der Waals surface area contributed by atoms with Crippen LogP contribution in [-0.4, -0.2) is 4.98 Å². The number of fused-ring (bicyclic) bond motifs is 5. The fraction of sp³-hybridized carbons (Fsp3) is 0.696. The molecule has 0 amide bonds. The van der Waals surface area contributed by atoms with Gasteiger partial charge >= 0.3 is 0 Å². The number of rotatable bonds is 2. The summed E-state index contributed by atoms with van der Waals surface area (Å²) in [5.74, 6) is 2.12. The van der Waals surface area contributed by atoms with E-state index < -0.39 is 0 Å². The zero-order chi connectivity index (χ0) is 18.0. The first-order chi connectivity index (χ1) is 11.8. The Morgan fingerprint density at radius 2 is 2.00 bits per heavy atom. The van der Waals surface area contributed by atoms with Crippen LogP contribution in [0.4, 0.5) is 0 Å². The van der Waals surface area contributed by atoms with Gasteiger partial charge in [0.15, 0.2) is 11.5 Å². The van der Waals surface area contributed by atoms with Crippen molar-refractivity contribution < 1.29 is 4.42 Å². The van der Waals surface area contributed by atoms with Crippen LogP contribution in [0.15, 0.2) is 10.5 Å². The molecule has 0 spiro atoms. The molecule has 2 aliphatic carbocycles. The van der Waals surface area contributed by atoms with Crippen LogP contribution in [-0.2, 0) is 18.3 Å². The topological polar surface area (TPSA) is 26.0 Å². The van der Waals surface area contributed by atoms with Gasteiger partial charge in [0.25, 0.3) is 0 Å². The molecular weight excluding hydrogens is 306 g/mol. The molecule has 0 saturated heterocycles. The van der Waals surface area contributed by atoms with Crippen LogP contribution >= 0.6 is 0 Å². The van der Waals surface area contributed by atoms with Crippen molar-refractivity contribution in [2.75, 3.05) is 0 Å². The van der Waals surface area contributed by atoms with E-state index in [-0.39, 0.29) is 5.41 Å². The van der Waals surface area contributed by atoms with E-state index in [1.54, 1.807) is 0 Å². The minimum atomic E-state index is 0.230. The molecule has 0 aliphatic heterocycles. The second kappa shape index (κ2) is 5.59. The summed E-state index contributed by atoms with van der Waals surface area (Å²) < 4.78 is 6.38. The van der Waals surface area contributed by atoms with Gasteiger partial charge in [-0.15, -0.1) is 0 Å². The first-order valence-electron chi connectivity index (χ1n) is 10.2. The van der Waals surface area contributed by atoms with Crippen molar-refractivity contribution in [3.8, 4) is 0 Å². The molecule has 25 heavy (non-hydrogen) atoms. The van der Waals surface area contributed by atoms with Gasteiger partial charge in [-0.1, -0.05) is 54.0 Å². The highest BCUT2D eigenvalue weighted by molar-refractivity contribution is 5.84. The van der Waals surface area contributed by atoms with Gasteiger partial charge in [0.2, 0.25) is 0 Å². The minimum absolute atomic E-state index is 0.230. The number of oxazole rings is 1. The maximum atomic E-state index is 6.38. The molecule has 0 radical (unpaired) electrons. The molecule has 2 atom stereocenters. The van der Waals surface area contributed by atoms with Crippen LogP contribution in [0.25, 0.3) is 11.1 Å². The second-order valence-corrected chi connectivity index (χ2v) is 9.64. The summed E-state index contributed by atoms with van der Waals surface area (Å²) in [4.78, 5) is 4.90. The Bertz CT molecular complexity index is 813. The number of hydrogen-bond acceptors (Lipinski definition) is 2.